The third kappa shape index (κ3) is 2.72. The van der Waals surface area contributed by atoms with Crippen LogP contribution in [0.4, 0.5) is 0 Å². The number of nitrogens with zero attached hydrogens (tertiary/aromatic N) is 2. The fraction of sp³-hybridized carbons (Fsp3) is 0.389. The van der Waals surface area contributed by atoms with Crippen molar-refractivity contribution in [1.29, 1.82) is 5.26 Å². The number of nitrogens with one attached hydrogen (secondary N) is 1. The number of hydrogen-bond acceptors (Lipinski definition) is 2. The van der Waals surface area contributed by atoms with Crippen LogP contribution in [-0.2, 0) is 26.4 Å². The van der Waals surface area contributed by atoms with Crippen molar-refractivity contribution in [1.82, 2.24) is 9.88 Å². The largest absolute Gasteiger partial charge is 0.340 e. The Hall–Kier alpha value is -2.05. The molecule has 21 heavy (non-hydrogen) atoms. The molecule has 0 spiro atoms. The van der Waals surface area contributed by atoms with Gasteiger partial charge >= 0.3 is 0 Å². The maximum absolute atomic E-state index is 9.09. The highest BCUT2D eigenvalue weighted by Crippen LogP contribution is 2.22. The smallest absolute Gasteiger partial charge is 0.120 e. The first-order valence-electron chi connectivity index (χ1n) is 7.54. The second-order valence-corrected chi connectivity index (χ2v) is 5.90. The molecule has 1 aliphatic carbocycles. The summed E-state index contributed by atoms with van der Waals surface area (Å²) in [5.74, 6) is 0. The Balaban J connectivity index is 1.66. The van der Waals surface area contributed by atoms with Crippen molar-refractivity contribution in [3.05, 3.63) is 58.4 Å². The molecule has 0 saturated heterocycles. The van der Waals surface area contributed by atoms with Crippen LogP contribution in [0.25, 0.3) is 0 Å². The fourth-order valence-electron chi connectivity index (χ4n) is 3.17. The lowest BCUT2D eigenvalue weighted by Gasteiger charge is -2.25. The summed E-state index contributed by atoms with van der Waals surface area (Å²) in [7, 11) is 1.95. The van der Waals surface area contributed by atoms with Gasteiger partial charge in [0.15, 0.2) is 0 Å². The van der Waals surface area contributed by atoms with E-state index < -0.39 is 0 Å². The van der Waals surface area contributed by atoms with Crippen molar-refractivity contribution in [2.45, 2.75) is 38.8 Å². The van der Waals surface area contributed by atoms with Crippen molar-refractivity contribution in [2.24, 2.45) is 7.05 Å². The Kier molecular flexibility index (Phi) is 3.81. The van der Waals surface area contributed by atoms with Gasteiger partial charge < -0.3 is 9.88 Å². The third-order valence-corrected chi connectivity index (χ3v) is 4.68. The van der Waals surface area contributed by atoms with Crippen LogP contribution in [0.2, 0.25) is 0 Å². The van der Waals surface area contributed by atoms with E-state index >= 15 is 0 Å². The Morgan fingerprint density at radius 2 is 2.10 bits per heavy atom. The van der Waals surface area contributed by atoms with Crippen LogP contribution in [0.3, 0.4) is 0 Å². The van der Waals surface area contributed by atoms with Crippen LogP contribution >= 0.6 is 0 Å². The minimum atomic E-state index is 0.532. The molecular formula is C18H21N3. The number of aromatic nitrogens is 1. The summed E-state index contributed by atoms with van der Waals surface area (Å²) in [6, 6.07) is 13.5. The zero-order valence-electron chi connectivity index (χ0n) is 12.7. The van der Waals surface area contributed by atoms with E-state index in [1.807, 2.05) is 17.7 Å². The van der Waals surface area contributed by atoms with Crippen LogP contribution in [0.5, 0.6) is 0 Å². The predicted octanol–water partition coefficient (Wildman–Crippen LogP) is 2.85. The summed E-state index contributed by atoms with van der Waals surface area (Å²) in [5.41, 5.74) is 6.11. The summed E-state index contributed by atoms with van der Waals surface area (Å²) in [4.78, 5) is 0. The standard InChI is InChI=1S/C18H21N3/c1-13-16(10-18(11-19)21(13)2)12-20-17-8-7-14-5-3-4-6-15(14)9-17/h3-6,10,17,20H,7-9,12H2,1-2H3. The molecule has 0 bridgehead atoms. The number of hydrogen-bond donors (Lipinski definition) is 1. The van der Waals surface area contributed by atoms with Crippen LogP contribution < -0.4 is 5.32 Å². The molecule has 3 heteroatoms. The van der Waals surface area contributed by atoms with Gasteiger partial charge in [-0.25, -0.2) is 0 Å². The molecule has 1 aliphatic rings. The molecule has 0 radical (unpaired) electrons. The second kappa shape index (κ2) is 5.75. The van der Waals surface area contributed by atoms with Gasteiger partial charge in [-0.05, 0) is 48.9 Å². The lowest BCUT2D eigenvalue weighted by Crippen LogP contribution is -2.34. The van der Waals surface area contributed by atoms with E-state index in [4.69, 9.17) is 5.26 Å². The first kappa shape index (κ1) is 13.9. The first-order valence-corrected chi connectivity index (χ1v) is 7.54. The minimum Gasteiger partial charge on any atom is -0.340 e. The van der Waals surface area contributed by atoms with E-state index in [-0.39, 0.29) is 0 Å². The number of rotatable bonds is 3. The van der Waals surface area contributed by atoms with E-state index in [1.54, 1.807) is 0 Å². The normalized spacial score (nSPS) is 17.3. The Labute approximate surface area is 126 Å². The molecular weight excluding hydrogens is 258 g/mol. The van der Waals surface area contributed by atoms with E-state index in [0.717, 1.165) is 25.1 Å². The average molecular weight is 279 g/mol. The minimum absolute atomic E-state index is 0.532. The van der Waals surface area contributed by atoms with Gasteiger partial charge in [-0.2, -0.15) is 5.26 Å². The highest BCUT2D eigenvalue weighted by Gasteiger charge is 2.18. The van der Waals surface area contributed by atoms with Gasteiger partial charge in [-0.3, -0.25) is 0 Å². The van der Waals surface area contributed by atoms with Gasteiger partial charge in [-0.15, -0.1) is 0 Å². The Bertz CT molecular complexity index is 691. The zero-order chi connectivity index (χ0) is 14.8. The third-order valence-electron chi connectivity index (χ3n) is 4.68. The number of nitriles is 1. The predicted molar refractivity (Wildman–Crippen MR) is 84.0 cm³/mol. The van der Waals surface area contributed by atoms with Crippen molar-refractivity contribution in [3.63, 3.8) is 0 Å². The number of fused-ring (bicyclic) bond motifs is 1. The van der Waals surface area contributed by atoms with Crippen molar-refractivity contribution in [2.75, 3.05) is 0 Å². The highest BCUT2D eigenvalue weighted by molar-refractivity contribution is 5.34. The van der Waals surface area contributed by atoms with Gasteiger partial charge in [-0.1, -0.05) is 24.3 Å². The van der Waals surface area contributed by atoms with Gasteiger partial charge in [0, 0.05) is 25.3 Å². The van der Waals surface area contributed by atoms with Crippen LogP contribution in [0.1, 0.15) is 34.5 Å². The topological polar surface area (TPSA) is 40.8 Å². The van der Waals surface area contributed by atoms with E-state index in [0.29, 0.717) is 6.04 Å². The molecule has 0 saturated carbocycles. The summed E-state index contributed by atoms with van der Waals surface area (Å²) in [6.45, 7) is 2.92. The highest BCUT2D eigenvalue weighted by atomic mass is 15.0. The molecule has 2 aromatic rings. The summed E-state index contributed by atoms with van der Waals surface area (Å²) < 4.78 is 1.97. The Morgan fingerprint density at radius 3 is 2.81 bits per heavy atom. The molecule has 0 amide bonds. The summed E-state index contributed by atoms with van der Waals surface area (Å²) in [5, 5.41) is 12.8. The molecule has 0 aliphatic heterocycles. The molecule has 1 unspecified atom stereocenters. The maximum atomic E-state index is 9.09. The van der Waals surface area contributed by atoms with E-state index in [2.05, 4.69) is 42.6 Å². The maximum Gasteiger partial charge on any atom is 0.120 e. The van der Waals surface area contributed by atoms with E-state index in [1.165, 1.54) is 28.8 Å². The van der Waals surface area contributed by atoms with Gasteiger partial charge in [0.2, 0.25) is 0 Å². The molecule has 1 aromatic heterocycles. The molecule has 3 nitrogen and oxygen atoms in total. The molecule has 1 N–H and O–H groups in total. The monoisotopic (exact) mass is 279 g/mol. The van der Waals surface area contributed by atoms with Crippen molar-refractivity contribution in [3.8, 4) is 6.07 Å². The number of aryl methyl sites for hydroxylation is 1. The molecule has 1 heterocycles. The SMILES string of the molecule is Cc1c(CNC2CCc3ccccc3C2)cc(C#N)n1C. The van der Waals surface area contributed by atoms with E-state index in [9.17, 15) is 0 Å². The summed E-state index contributed by atoms with van der Waals surface area (Å²) >= 11 is 0. The quantitative estimate of drug-likeness (QED) is 0.938. The lowest BCUT2D eigenvalue weighted by molar-refractivity contribution is 0.457. The molecule has 1 atom stereocenters. The second-order valence-electron chi connectivity index (χ2n) is 5.90. The fourth-order valence-corrected chi connectivity index (χ4v) is 3.17. The van der Waals surface area contributed by atoms with Crippen LogP contribution in [-0.4, -0.2) is 10.6 Å². The van der Waals surface area contributed by atoms with Crippen LogP contribution in [0.15, 0.2) is 30.3 Å². The lowest BCUT2D eigenvalue weighted by atomic mass is 9.88. The molecule has 108 valence electrons. The van der Waals surface area contributed by atoms with Gasteiger partial charge in [0.1, 0.15) is 11.8 Å². The van der Waals surface area contributed by atoms with Crippen molar-refractivity contribution >= 4 is 0 Å². The van der Waals surface area contributed by atoms with Gasteiger partial charge in [0.25, 0.3) is 0 Å². The molecule has 3 rings (SSSR count). The molecule has 0 fully saturated rings. The van der Waals surface area contributed by atoms with Gasteiger partial charge in [0.05, 0.1) is 0 Å². The Morgan fingerprint density at radius 1 is 1.33 bits per heavy atom. The first-order chi connectivity index (χ1) is 10.2. The average Bonchev–Trinajstić information content (AvgIpc) is 2.80. The molecule has 1 aromatic carbocycles. The zero-order valence-corrected chi connectivity index (χ0v) is 12.7. The van der Waals surface area contributed by atoms with Crippen LogP contribution in [0, 0.1) is 18.3 Å². The number of benzene rings is 1. The van der Waals surface area contributed by atoms with Crippen molar-refractivity contribution < 1.29 is 0 Å². The summed E-state index contributed by atoms with van der Waals surface area (Å²) in [6.07, 6.45) is 3.45.